The van der Waals surface area contributed by atoms with Crippen molar-refractivity contribution in [1.82, 2.24) is 9.88 Å². The summed E-state index contributed by atoms with van der Waals surface area (Å²) in [5, 5.41) is 0.579. The number of hydrogen-bond donors (Lipinski definition) is 1. The highest BCUT2D eigenvalue weighted by Gasteiger charge is 2.28. The molecule has 0 radical (unpaired) electrons. The van der Waals surface area contributed by atoms with E-state index in [1.54, 1.807) is 13.0 Å². The molecule has 2 rings (SSSR count). The fourth-order valence-electron chi connectivity index (χ4n) is 2.29. The number of rotatable bonds is 4. The van der Waals surface area contributed by atoms with Gasteiger partial charge in [0.1, 0.15) is 5.82 Å². The van der Waals surface area contributed by atoms with E-state index in [2.05, 4.69) is 4.98 Å². The number of carbonyl (C=O) groups is 1. The topological polar surface area (TPSA) is 36.1 Å². The van der Waals surface area contributed by atoms with E-state index in [1.807, 2.05) is 0 Å². The summed E-state index contributed by atoms with van der Waals surface area (Å²) in [6.45, 7) is 1.36. The van der Waals surface area contributed by atoms with Crippen molar-refractivity contribution in [1.29, 1.82) is 0 Å². The number of aromatic amines is 1. The molecule has 22 heavy (non-hydrogen) atoms. The van der Waals surface area contributed by atoms with Crippen LogP contribution >= 0.6 is 0 Å². The van der Waals surface area contributed by atoms with Gasteiger partial charge in [-0.1, -0.05) is 0 Å². The van der Waals surface area contributed by atoms with Crippen LogP contribution in [-0.2, 0) is 11.2 Å². The number of alkyl halides is 3. The fraction of sp³-hybridized carbons (Fsp3) is 0.400. The molecule has 1 aromatic carbocycles. The summed E-state index contributed by atoms with van der Waals surface area (Å²) in [6, 6.07) is 4.19. The maximum absolute atomic E-state index is 13.3. The Morgan fingerprint density at radius 2 is 2.00 bits per heavy atom. The van der Waals surface area contributed by atoms with Crippen LogP contribution in [0.15, 0.2) is 18.2 Å². The summed E-state index contributed by atoms with van der Waals surface area (Å²) in [5.41, 5.74) is 2.01. The van der Waals surface area contributed by atoms with Gasteiger partial charge in [0.2, 0.25) is 5.91 Å². The van der Waals surface area contributed by atoms with E-state index in [0.717, 1.165) is 4.90 Å². The second kappa shape index (κ2) is 5.98. The lowest BCUT2D eigenvalue weighted by Crippen LogP contribution is -2.31. The number of carbonyl (C=O) groups excluding carboxylic acids is 1. The summed E-state index contributed by atoms with van der Waals surface area (Å²) >= 11 is 0. The van der Waals surface area contributed by atoms with Crippen molar-refractivity contribution >= 4 is 16.8 Å². The highest BCUT2D eigenvalue weighted by molar-refractivity contribution is 5.90. The summed E-state index contributed by atoms with van der Waals surface area (Å²) in [7, 11) is 1.33. The first kappa shape index (κ1) is 16.3. The van der Waals surface area contributed by atoms with Gasteiger partial charge < -0.3 is 9.88 Å². The molecular formula is C15H16F4N2O. The zero-order valence-electron chi connectivity index (χ0n) is 12.2. The van der Waals surface area contributed by atoms with Gasteiger partial charge in [-0.05, 0) is 30.7 Å². The molecule has 0 saturated heterocycles. The van der Waals surface area contributed by atoms with Crippen LogP contribution in [0.2, 0.25) is 0 Å². The van der Waals surface area contributed by atoms with E-state index in [4.69, 9.17) is 0 Å². The lowest BCUT2D eigenvalue weighted by atomic mass is 10.1. The van der Waals surface area contributed by atoms with E-state index < -0.39 is 30.9 Å². The van der Waals surface area contributed by atoms with E-state index in [0.29, 0.717) is 22.2 Å². The predicted octanol–water partition coefficient (Wildman–Crippen LogP) is 3.57. The number of nitrogens with one attached hydrogen (secondary N) is 1. The number of aromatic nitrogens is 1. The van der Waals surface area contributed by atoms with Gasteiger partial charge in [0, 0.05) is 30.2 Å². The highest BCUT2D eigenvalue weighted by atomic mass is 19.4. The number of nitrogens with zero attached hydrogens (tertiary/aromatic N) is 1. The standard InChI is InChI=1S/C15H16F4N2O/c1-9-11(12-7-10(16)3-4-13(12)20-9)8-14(22)21(2)6-5-15(17,18)19/h3-4,7,20H,5-6,8H2,1-2H3. The zero-order chi connectivity index (χ0) is 16.5. The number of amides is 1. The van der Waals surface area contributed by atoms with Crippen LogP contribution < -0.4 is 0 Å². The van der Waals surface area contributed by atoms with Crippen LogP contribution in [0.3, 0.4) is 0 Å². The molecule has 2 aromatic rings. The number of benzene rings is 1. The molecule has 0 unspecified atom stereocenters. The number of likely N-dealkylation sites (N-methyl/N-ethyl adjacent to an activating group) is 1. The van der Waals surface area contributed by atoms with E-state index in [-0.39, 0.29) is 6.42 Å². The van der Waals surface area contributed by atoms with Crippen molar-refractivity contribution in [3.05, 3.63) is 35.3 Å². The molecule has 0 aliphatic carbocycles. The monoisotopic (exact) mass is 316 g/mol. The average molecular weight is 316 g/mol. The second-order valence-electron chi connectivity index (χ2n) is 5.28. The van der Waals surface area contributed by atoms with Crippen LogP contribution in [0.5, 0.6) is 0 Å². The molecule has 1 aromatic heterocycles. The highest BCUT2D eigenvalue weighted by Crippen LogP contribution is 2.24. The van der Waals surface area contributed by atoms with Gasteiger partial charge in [0.05, 0.1) is 12.8 Å². The third-order valence-electron chi connectivity index (χ3n) is 3.57. The van der Waals surface area contributed by atoms with Crippen LogP contribution in [0.4, 0.5) is 17.6 Å². The number of hydrogen-bond acceptors (Lipinski definition) is 1. The molecule has 0 saturated carbocycles. The van der Waals surface area contributed by atoms with E-state index in [9.17, 15) is 22.4 Å². The molecule has 1 N–H and O–H groups in total. The second-order valence-corrected chi connectivity index (χ2v) is 5.28. The minimum absolute atomic E-state index is 0.0658. The van der Waals surface area contributed by atoms with Crippen molar-refractivity contribution in [2.24, 2.45) is 0 Å². The third kappa shape index (κ3) is 3.78. The third-order valence-corrected chi connectivity index (χ3v) is 3.57. The molecule has 1 heterocycles. The Kier molecular flexibility index (Phi) is 4.44. The van der Waals surface area contributed by atoms with Crippen molar-refractivity contribution in [3.63, 3.8) is 0 Å². The molecule has 0 aliphatic heterocycles. The normalized spacial score (nSPS) is 11.9. The maximum atomic E-state index is 13.3. The Labute approximate surface area is 124 Å². The molecule has 0 atom stereocenters. The predicted molar refractivity (Wildman–Crippen MR) is 75.0 cm³/mol. The van der Waals surface area contributed by atoms with Crippen molar-refractivity contribution in [2.75, 3.05) is 13.6 Å². The van der Waals surface area contributed by atoms with Gasteiger partial charge in [-0.25, -0.2) is 4.39 Å². The van der Waals surface area contributed by atoms with Crippen molar-refractivity contribution in [3.8, 4) is 0 Å². The number of aryl methyl sites for hydroxylation is 1. The zero-order valence-corrected chi connectivity index (χ0v) is 12.2. The van der Waals surface area contributed by atoms with Crippen LogP contribution in [0, 0.1) is 12.7 Å². The van der Waals surface area contributed by atoms with Crippen LogP contribution in [0.25, 0.3) is 10.9 Å². The number of fused-ring (bicyclic) bond motifs is 1. The number of H-pyrrole nitrogens is 1. The SMILES string of the molecule is Cc1[nH]c2ccc(F)cc2c1CC(=O)N(C)CCC(F)(F)F. The van der Waals surface area contributed by atoms with Crippen LogP contribution in [-0.4, -0.2) is 35.6 Å². The molecule has 3 nitrogen and oxygen atoms in total. The van der Waals surface area contributed by atoms with E-state index in [1.165, 1.54) is 19.2 Å². The minimum atomic E-state index is -4.30. The maximum Gasteiger partial charge on any atom is 0.390 e. The molecular weight excluding hydrogens is 300 g/mol. The first-order valence-corrected chi connectivity index (χ1v) is 6.75. The van der Waals surface area contributed by atoms with Crippen molar-refractivity contribution < 1.29 is 22.4 Å². The minimum Gasteiger partial charge on any atom is -0.358 e. The first-order chi connectivity index (χ1) is 10.2. The average Bonchev–Trinajstić information content (AvgIpc) is 2.71. The van der Waals surface area contributed by atoms with Gasteiger partial charge in [0.25, 0.3) is 0 Å². The van der Waals surface area contributed by atoms with E-state index >= 15 is 0 Å². The molecule has 7 heteroatoms. The molecule has 0 aliphatic rings. The summed E-state index contributed by atoms with van der Waals surface area (Å²) < 4.78 is 49.9. The quantitative estimate of drug-likeness (QED) is 0.860. The summed E-state index contributed by atoms with van der Waals surface area (Å²) in [4.78, 5) is 16.1. The van der Waals surface area contributed by atoms with Gasteiger partial charge in [0.15, 0.2) is 0 Å². The number of halogens is 4. The summed E-state index contributed by atoms with van der Waals surface area (Å²) in [6.07, 6.45) is -5.41. The Balaban J connectivity index is 2.14. The lowest BCUT2D eigenvalue weighted by Gasteiger charge is -2.18. The van der Waals surface area contributed by atoms with Gasteiger partial charge >= 0.3 is 6.18 Å². The Morgan fingerprint density at radius 1 is 1.32 bits per heavy atom. The summed E-state index contributed by atoms with van der Waals surface area (Å²) in [5.74, 6) is -0.858. The molecule has 0 spiro atoms. The first-order valence-electron chi connectivity index (χ1n) is 6.75. The Hall–Kier alpha value is -2.05. The molecule has 0 bridgehead atoms. The Morgan fingerprint density at radius 3 is 2.64 bits per heavy atom. The van der Waals surface area contributed by atoms with Crippen molar-refractivity contribution in [2.45, 2.75) is 25.9 Å². The van der Waals surface area contributed by atoms with Gasteiger partial charge in [-0.3, -0.25) is 4.79 Å². The molecule has 1 amide bonds. The largest absolute Gasteiger partial charge is 0.390 e. The van der Waals surface area contributed by atoms with Crippen LogP contribution in [0.1, 0.15) is 17.7 Å². The molecule has 0 fully saturated rings. The van der Waals surface area contributed by atoms with Gasteiger partial charge in [-0.2, -0.15) is 13.2 Å². The van der Waals surface area contributed by atoms with Gasteiger partial charge in [-0.15, -0.1) is 0 Å². The smallest absolute Gasteiger partial charge is 0.358 e. The lowest BCUT2D eigenvalue weighted by molar-refractivity contribution is -0.143. The Bertz CT molecular complexity index is 691. The fourth-order valence-corrected chi connectivity index (χ4v) is 2.29. The molecule has 120 valence electrons.